The molecule has 0 aliphatic carbocycles. The molecule has 0 aromatic heterocycles. The SMILES string of the molecule is COc1cccc(CN2C[C@H]3N(C)C(=O)c4ccccc4C(=O)[C@@]3(C)C2)c1OC. The maximum Gasteiger partial charge on any atom is 0.254 e. The van der Waals surface area contributed by atoms with Crippen LogP contribution in [0.15, 0.2) is 42.5 Å². The molecule has 0 radical (unpaired) electrons. The van der Waals surface area contributed by atoms with Crippen LogP contribution in [0.2, 0.25) is 0 Å². The number of carbonyl (C=O) groups excluding carboxylic acids is 2. The Morgan fingerprint density at radius 2 is 1.76 bits per heavy atom. The standard InChI is InChI=1S/C23H26N2O4/c1-23-14-25(12-15-8-7-11-18(28-3)20(15)29-4)13-19(23)24(2)22(27)17-10-6-5-9-16(17)21(23)26/h5-11,19H,12-14H2,1-4H3/t19-,23+/m1/s1. The van der Waals surface area contributed by atoms with E-state index in [0.29, 0.717) is 42.3 Å². The molecule has 2 heterocycles. The molecule has 152 valence electrons. The fourth-order valence-corrected chi connectivity index (χ4v) is 4.80. The van der Waals surface area contributed by atoms with Crippen LogP contribution in [0.4, 0.5) is 0 Å². The molecular formula is C23H26N2O4. The number of amides is 1. The Morgan fingerprint density at radius 3 is 2.45 bits per heavy atom. The molecule has 1 amide bonds. The number of likely N-dealkylation sites (tertiary alicyclic amines) is 1. The third-order valence-corrected chi connectivity index (χ3v) is 6.31. The van der Waals surface area contributed by atoms with Crippen molar-refractivity contribution in [2.75, 3.05) is 34.4 Å². The first-order chi connectivity index (χ1) is 13.9. The lowest BCUT2D eigenvalue weighted by Gasteiger charge is -2.32. The minimum Gasteiger partial charge on any atom is -0.493 e. The van der Waals surface area contributed by atoms with Crippen molar-refractivity contribution in [1.82, 2.24) is 9.80 Å². The lowest BCUT2D eigenvalue weighted by atomic mass is 9.78. The van der Waals surface area contributed by atoms with Crippen LogP contribution in [0.5, 0.6) is 11.5 Å². The molecule has 6 nitrogen and oxygen atoms in total. The highest BCUT2D eigenvalue weighted by Gasteiger charge is 2.53. The Kier molecular flexibility index (Phi) is 4.82. The molecule has 2 aliphatic heterocycles. The molecule has 2 aromatic carbocycles. The third kappa shape index (κ3) is 2.99. The highest BCUT2D eigenvalue weighted by atomic mass is 16.5. The van der Waals surface area contributed by atoms with Gasteiger partial charge in [0.05, 0.1) is 31.2 Å². The number of fused-ring (bicyclic) bond motifs is 2. The van der Waals surface area contributed by atoms with Gasteiger partial charge in [0.15, 0.2) is 17.3 Å². The Labute approximate surface area is 171 Å². The molecule has 2 atom stereocenters. The fourth-order valence-electron chi connectivity index (χ4n) is 4.80. The van der Waals surface area contributed by atoms with Crippen LogP contribution >= 0.6 is 0 Å². The van der Waals surface area contributed by atoms with Gasteiger partial charge in [-0.3, -0.25) is 14.5 Å². The Bertz CT molecular complexity index is 973. The molecule has 29 heavy (non-hydrogen) atoms. The van der Waals surface area contributed by atoms with Gasteiger partial charge in [0.25, 0.3) is 5.91 Å². The van der Waals surface area contributed by atoms with Crippen molar-refractivity contribution < 1.29 is 19.1 Å². The first kappa shape index (κ1) is 19.5. The van der Waals surface area contributed by atoms with E-state index in [0.717, 1.165) is 5.56 Å². The zero-order chi connectivity index (χ0) is 20.8. The van der Waals surface area contributed by atoms with Crippen LogP contribution < -0.4 is 9.47 Å². The summed E-state index contributed by atoms with van der Waals surface area (Å²) in [7, 11) is 5.05. The van der Waals surface area contributed by atoms with Crippen molar-refractivity contribution in [3.63, 3.8) is 0 Å². The summed E-state index contributed by atoms with van der Waals surface area (Å²) in [6.45, 7) is 3.79. The molecule has 0 N–H and O–H groups in total. The van der Waals surface area contributed by atoms with E-state index in [9.17, 15) is 9.59 Å². The van der Waals surface area contributed by atoms with E-state index < -0.39 is 5.41 Å². The van der Waals surface area contributed by atoms with E-state index in [1.54, 1.807) is 38.3 Å². The second-order valence-electron chi connectivity index (χ2n) is 8.05. The number of carbonyl (C=O) groups is 2. The Balaban J connectivity index is 1.68. The number of benzene rings is 2. The van der Waals surface area contributed by atoms with Crippen LogP contribution in [0.1, 0.15) is 33.2 Å². The van der Waals surface area contributed by atoms with Crippen molar-refractivity contribution >= 4 is 11.7 Å². The van der Waals surface area contributed by atoms with Crippen molar-refractivity contribution in [2.24, 2.45) is 5.41 Å². The average Bonchev–Trinajstić information content (AvgIpc) is 3.06. The van der Waals surface area contributed by atoms with Crippen molar-refractivity contribution in [3.05, 3.63) is 59.2 Å². The van der Waals surface area contributed by atoms with Gasteiger partial charge in [0.1, 0.15) is 0 Å². The summed E-state index contributed by atoms with van der Waals surface area (Å²) in [5.41, 5.74) is 1.35. The summed E-state index contributed by atoms with van der Waals surface area (Å²) in [5.74, 6) is 1.33. The summed E-state index contributed by atoms with van der Waals surface area (Å²) in [6.07, 6.45) is 0. The number of nitrogens with zero attached hydrogens (tertiary/aromatic N) is 2. The van der Waals surface area contributed by atoms with E-state index in [4.69, 9.17) is 9.47 Å². The number of hydrogen-bond donors (Lipinski definition) is 0. The number of Topliss-reactive ketones (excluding diaryl/α,β-unsaturated/α-hetero) is 1. The van der Waals surface area contributed by atoms with Gasteiger partial charge in [-0.2, -0.15) is 0 Å². The minimum atomic E-state index is -0.664. The molecule has 0 spiro atoms. The molecule has 4 rings (SSSR count). The lowest BCUT2D eigenvalue weighted by Crippen LogP contribution is -2.47. The van der Waals surface area contributed by atoms with Crippen molar-refractivity contribution in [3.8, 4) is 11.5 Å². The lowest BCUT2D eigenvalue weighted by molar-refractivity contribution is 0.0606. The maximum absolute atomic E-state index is 13.5. The van der Waals surface area contributed by atoms with Crippen LogP contribution in [0.3, 0.4) is 0 Å². The average molecular weight is 394 g/mol. The predicted molar refractivity (Wildman–Crippen MR) is 110 cm³/mol. The number of ketones is 1. The highest BCUT2D eigenvalue weighted by molar-refractivity contribution is 6.12. The zero-order valence-corrected chi connectivity index (χ0v) is 17.3. The molecular weight excluding hydrogens is 368 g/mol. The van der Waals surface area contributed by atoms with Gasteiger partial charge in [-0.05, 0) is 19.1 Å². The second-order valence-corrected chi connectivity index (χ2v) is 8.05. The maximum atomic E-state index is 13.5. The quantitative estimate of drug-likeness (QED) is 0.798. The number of methoxy groups -OCH3 is 2. The van der Waals surface area contributed by atoms with Crippen LogP contribution in [0.25, 0.3) is 0 Å². The molecule has 0 unspecified atom stereocenters. The van der Waals surface area contributed by atoms with E-state index in [-0.39, 0.29) is 17.7 Å². The van der Waals surface area contributed by atoms with Gasteiger partial charge in [0.2, 0.25) is 0 Å². The summed E-state index contributed by atoms with van der Waals surface area (Å²) in [4.78, 5) is 30.5. The first-order valence-corrected chi connectivity index (χ1v) is 9.74. The number of para-hydroxylation sites is 1. The smallest absolute Gasteiger partial charge is 0.254 e. The first-order valence-electron chi connectivity index (χ1n) is 9.74. The monoisotopic (exact) mass is 394 g/mol. The van der Waals surface area contributed by atoms with Crippen molar-refractivity contribution in [1.29, 1.82) is 0 Å². The van der Waals surface area contributed by atoms with Gasteiger partial charge >= 0.3 is 0 Å². The zero-order valence-electron chi connectivity index (χ0n) is 17.3. The topological polar surface area (TPSA) is 59.1 Å². The van der Waals surface area contributed by atoms with Gasteiger partial charge in [-0.25, -0.2) is 0 Å². The fraction of sp³-hybridized carbons (Fsp3) is 0.391. The van der Waals surface area contributed by atoms with E-state index in [1.165, 1.54) is 0 Å². The third-order valence-electron chi connectivity index (χ3n) is 6.31. The molecule has 2 aliphatic rings. The molecule has 2 aromatic rings. The largest absolute Gasteiger partial charge is 0.493 e. The normalized spacial score (nSPS) is 24.1. The number of likely N-dealkylation sites (N-methyl/N-ethyl adjacent to an activating group) is 1. The highest BCUT2D eigenvalue weighted by Crippen LogP contribution is 2.42. The second kappa shape index (κ2) is 7.19. The molecule has 0 bridgehead atoms. The molecule has 1 fully saturated rings. The Hall–Kier alpha value is -2.86. The summed E-state index contributed by atoms with van der Waals surface area (Å²) in [6, 6.07) is 12.8. The van der Waals surface area contributed by atoms with Crippen LogP contribution in [-0.4, -0.2) is 61.9 Å². The van der Waals surface area contributed by atoms with Gasteiger partial charge in [0, 0.05) is 37.8 Å². The van der Waals surface area contributed by atoms with E-state index >= 15 is 0 Å². The van der Waals surface area contributed by atoms with Gasteiger partial charge < -0.3 is 14.4 Å². The summed E-state index contributed by atoms with van der Waals surface area (Å²) < 4.78 is 11.0. The molecule has 6 heteroatoms. The summed E-state index contributed by atoms with van der Waals surface area (Å²) >= 11 is 0. The molecule has 1 saturated heterocycles. The van der Waals surface area contributed by atoms with Gasteiger partial charge in [-0.15, -0.1) is 0 Å². The van der Waals surface area contributed by atoms with Crippen LogP contribution in [-0.2, 0) is 6.54 Å². The Morgan fingerprint density at radius 1 is 1.03 bits per heavy atom. The minimum absolute atomic E-state index is 0.0379. The number of rotatable bonds is 4. The molecule has 0 saturated carbocycles. The van der Waals surface area contributed by atoms with Gasteiger partial charge in [-0.1, -0.05) is 30.3 Å². The van der Waals surface area contributed by atoms with Crippen molar-refractivity contribution in [2.45, 2.75) is 19.5 Å². The van der Waals surface area contributed by atoms with E-state index in [1.807, 2.05) is 37.3 Å². The predicted octanol–water partition coefficient (Wildman–Crippen LogP) is 2.86. The number of hydrogen-bond acceptors (Lipinski definition) is 5. The summed E-state index contributed by atoms with van der Waals surface area (Å²) in [5, 5.41) is 0. The van der Waals surface area contributed by atoms with Crippen LogP contribution in [0, 0.1) is 5.41 Å². The number of ether oxygens (including phenoxy) is 2. The van der Waals surface area contributed by atoms with E-state index in [2.05, 4.69) is 4.90 Å².